The highest BCUT2D eigenvalue weighted by molar-refractivity contribution is 8.13. The van der Waals surface area contributed by atoms with Crippen molar-refractivity contribution < 1.29 is 0 Å². The van der Waals surface area contributed by atoms with E-state index in [1.807, 2.05) is 14.1 Å². The van der Waals surface area contributed by atoms with E-state index in [0.29, 0.717) is 11.7 Å². The van der Waals surface area contributed by atoms with Crippen molar-refractivity contribution in [3.63, 3.8) is 0 Å². The van der Waals surface area contributed by atoms with Crippen molar-refractivity contribution >= 4 is 45.0 Å². The van der Waals surface area contributed by atoms with Gasteiger partial charge in [0.25, 0.3) is 0 Å². The molecule has 0 radical (unpaired) electrons. The summed E-state index contributed by atoms with van der Waals surface area (Å²) in [5.41, 5.74) is 3.71. The van der Waals surface area contributed by atoms with Gasteiger partial charge in [-0.1, -0.05) is 78.5 Å². The summed E-state index contributed by atoms with van der Waals surface area (Å²) in [6.07, 6.45) is 0. The van der Waals surface area contributed by atoms with Gasteiger partial charge in [-0.05, 0) is 39.7 Å². The molecule has 0 aliphatic heterocycles. The van der Waals surface area contributed by atoms with Crippen molar-refractivity contribution in [2.24, 2.45) is 4.99 Å². The van der Waals surface area contributed by atoms with Crippen LogP contribution >= 0.6 is 24.0 Å². The van der Waals surface area contributed by atoms with Gasteiger partial charge in [0.15, 0.2) is 10.3 Å². The Bertz CT molecular complexity index is 1000. The zero-order valence-corrected chi connectivity index (χ0v) is 18.4. The summed E-state index contributed by atoms with van der Waals surface area (Å²) >= 11 is 6.86. The zero-order chi connectivity index (χ0) is 20.5. The Morgan fingerprint density at radius 2 is 1.59 bits per heavy atom. The van der Waals surface area contributed by atoms with Gasteiger partial charge in [0, 0.05) is 32.9 Å². The lowest BCUT2D eigenvalue weighted by molar-refractivity contribution is 0.876. The zero-order valence-electron chi connectivity index (χ0n) is 16.7. The third-order valence-electron chi connectivity index (χ3n) is 4.51. The first kappa shape index (κ1) is 21.1. The van der Waals surface area contributed by atoms with Gasteiger partial charge in [0.05, 0.1) is 0 Å². The van der Waals surface area contributed by atoms with Crippen LogP contribution in [0.4, 0.5) is 0 Å². The van der Waals surface area contributed by atoms with Gasteiger partial charge in [-0.25, -0.2) is 0 Å². The van der Waals surface area contributed by atoms with Crippen LogP contribution in [0.25, 0.3) is 10.8 Å². The van der Waals surface area contributed by atoms with Crippen LogP contribution < -0.4 is 16.0 Å². The Hall–Kier alpha value is -2.57. The van der Waals surface area contributed by atoms with Crippen LogP contribution in [0.5, 0.6) is 0 Å². The summed E-state index contributed by atoms with van der Waals surface area (Å²) in [6.45, 7) is 1.45. The lowest BCUT2D eigenvalue weighted by Gasteiger charge is -2.11. The molecule has 0 amide bonds. The molecule has 3 N–H and O–H groups in total. The SMILES string of the molecule is CN=C(NCc1cccc(CNC(=S)NC)c1)SCc1ccc2ccccc2c1. The Morgan fingerprint density at radius 3 is 2.31 bits per heavy atom. The number of nitrogens with one attached hydrogen (secondary N) is 3. The first-order chi connectivity index (χ1) is 14.2. The van der Waals surface area contributed by atoms with E-state index in [2.05, 4.69) is 87.7 Å². The fourth-order valence-electron chi connectivity index (χ4n) is 2.97. The van der Waals surface area contributed by atoms with Gasteiger partial charge in [-0.3, -0.25) is 4.99 Å². The Labute approximate surface area is 182 Å². The molecular formula is C23H26N4S2. The van der Waals surface area contributed by atoms with Gasteiger partial charge in [-0.15, -0.1) is 0 Å². The Balaban J connectivity index is 1.53. The molecule has 0 saturated heterocycles. The number of thiocarbonyl (C=S) groups is 1. The highest BCUT2D eigenvalue weighted by atomic mass is 32.2. The van der Waals surface area contributed by atoms with Crippen molar-refractivity contribution in [2.75, 3.05) is 14.1 Å². The fourth-order valence-corrected chi connectivity index (χ4v) is 3.83. The maximum absolute atomic E-state index is 5.13. The molecule has 0 spiro atoms. The molecule has 0 atom stereocenters. The standard InChI is InChI=1S/C23H26N4S2/c1-24-22(28)26-14-17-6-5-7-18(12-17)15-27-23(25-2)29-16-19-10-11-20-8-3-4-9-21(20)13-19/h3-13H,14-16H2,1-2H3,(H,25,27)(H2,24,26,28). The molecular weight excluding hydrogens is 396 g/mol. The molecule has 3 aromatic rings. The highest BCUT2D eigenvalue weighted by Gasteiger charge is 2.03. The summed E-state index contributed by atoms with van der Waals surface area (Å²) in [7, 11) is 3.64. The molecule has 3 aromatic carbocycles. The third-order valence-corrected chi connectivity index (χ3v) is 5.93. The second kappa shape index (κ2) is 10.8. The van der Waals surface area contributed by atoms with E-state index in [9.17, 15) is 0 Å². The molecule has 0 saturated carbocycles. The molecule has 0 aliphatic carbocycles. The maximum atomic E-state index is 5.13. The van der Waals surface area contributed by atoms with Gasteiger partial charge < -0.3 is 16.0 Å². The Morgan fingerprint density at radius 1 is 0.862 bits per heavy atom. The quantitative estimate of drug-likeness (QED) is 0.311. The predicted octanol–water partition coefficient (Wildman–Crippen LogP) is 4.44. The van der Waals surface area contributed by atoms with Crippen LogP contribution in [-0.4, -0.2) is 24.4 Å². The number of nitrogens with zero attached hydrogens (tertiary/aromatic N) is 1. The largest absolute Gasteiger partial charge is 0.366 e. The van der Waals surface area contributed by atoms with Crippen molar-refractivity contribution in [1.29, 1.82) is 0 Å². The van der Waals surface area contributed by atoms with Gasteiger partial charge in [0.1, 0.15) is 0 Å². The van der Waals surface area contributed by atoms with Crippen LogP contribution in [0.15, 0.2) is 71.7 Å². The van der Waals surface area contributed by atoms with Crippen LogP contribution in [0.1, 0.15) is 16.7 Å². The minimum absolute atomic E-state index is 0.652. The number of amidine groups is 1. The summed E-state index contributed by atoms with van der Waals surface area (Å²) in [5, 5.41) is 13.7. The summed E-state index contributed by atoms with van der Waals surface area (Å²) in [6, 6.07) is 23.5. The van der Waals surface area contributed by atoms with E-state index >= 15 is 0 Å². The minimum Gasteiger partial charge on any atom is -0.366 e. The number of benzene rings is 3. The van der Waals surface area contributed by atoms with E-state index < -0.39 is 0 Å². The molecule has 29 heavy (non-hydrogen) atoms. The van der Waals surface area contributed by atoms with Crippen LogP contribution in [0.3, 0.4) is 0 Å². The summed E-state index contributed by atoms with van der Waals surface area (Å²) < 4.78 is 0. The molecule has 4 nitrogen and oxygen atoms in total. The predicted molar refractivity (Wildman–Crippen MR) is 130 cm³/mol. The van der Waals surface area contributed by atoms with Crippen molar-refractivity contribution in [2.45, 2.75) is 18.8 Å². The number of hydrogen-bond acceptors (Lipinski definition) is 3. The van der Waals surface area contributed by atoms with Gasteiger partial charge in [-0.2, -0.15) is 0 Å². The van der Waals surface area contributed by atoms with E-state index in [4.69, 9.17) is 12.2 Å². The molecule has 0 bridgehead atoms. The van der Waals surface area contributed by atoms with Crippen molar-refractivity contribution in [3.8, 4) is 0 Å². The van der Waals surface area contributed by atoms with E-state index in [1.54, 1.807) is 11.8 Å². The van der Waals surface area contributed by atoms with Crippen molar-refractivity contribution in [1.82, 2.24) is 16.0 Å². The minimum atomic E-state index is 0.652. The van der Waals surface area contributed by atoms with E-state index in [0.717, 1.165) is 17.5 Å². The highest BCUT2D eigenvalue weighted by Crippen LogP contribution is 2.20. The molecule has 0 unspecified atom stereocenters. The van der Waals surface area contributed by atoms with Crippen LogP contribution in [-0.2, 0) is 18.8 Å². The molecule has 3 rings (SSSR count). The smallest absolute Gasteiger partial charge is 0.166 e. The monoisotopic (exact) mass is 422 g/mol. The number of fused-ring (bicyclic) bond motifs is 1. The van der Waals surface area contributed by atoms with E-state index in [1.165, 1.54) is 27.5 Å². The topological polar surface area (TPSA) is 48.5 Å². The first-order valence-electron chi connectivity index (χ1n) is 9.52. The normalized spacial score (nSPS) is 11.3. The third kappa shape index (κ3) is 6.48. The van der Waals surface area contributed by atoms with Crippen LogP contribution in [0.2, 0.25) is 0 Å². The number of aliphatic imine (C=N–C) groups is 1. The molecule has 0 aromatic heterocycles. The first-order valence-corrected chi connectivity index (χ1v) is 10.9. The molecule has 0 aliphatic rings. The van der Waals surface area contributed by atoms with Gasteiger partial charge in [0.2, 0.25) is 0 Å². The second-order valence-corrected chi connectivity index (χ2v) is 7.98. The lowest BCUT2D eigenvalue weighted by Crippen LogP contribution is -2.31. The Kier molecular flexibility index (Phi) is 7.90. The number of rotatable bonds is 6. The lowest BCUT2D eigenvalue weighted by atomic mass is 10.1. The summed E-state index contributed by atoms with van der Waals surface area (Å²) in [4.78, 5) is 4.40. The van der Waals surface area contributed by atoms with Gasteiger partial charge >= 0.3 is 0 Å². The van der Waals surface area contributed by atoms with E-state index in [-0.39, 0.29) is 0 Å². The molecule has 150 valence electrons. The number of thioether (sulfide) groups is 1. The number of hydrogen-bond donors (Lipinski definition) is 3. The van der Waals surface area contributed by atoms with Crippen molar-refractivity contribution in [3.05, 3.63) is 83.4 Å². The van der Waals surface area contributed by atoms with Crippen LogP contribution in [0, 0.1) is 0 Å². The molecule has 0 heterocycles. The summed E-state index contributed by atoms with van der Waals surface area (Å²) in [5.74, 6) is 0.885. The maximum Gasteiger partial charge on any atom is 0.166 e. The molecule has 6 heteroatoms. The fraction of sp³-hybridized carbons (Fsp3) is 0.217. The average Bonchev–Trinajstić information content (AvgIpc) is 2.77. The second-order valence-electron chi connectivity index (χ2n) is 6.61. The average molecular weight is 423 g/mol. The molecule has 0 fully saturated rings.